The van der Waals surface area contributed by atoms with Crippen molar-refractivity contribution in [3.8, 4) is 11.5 Å². The number of carbonyl (C=O) groups excluding carboxylic acids is 2. The first-order chi connectivity index (χ1) is 16.1. The Hall–Kier alpha value is -3.42. The Morgan fingerprint density at radius 1 is 1.12 bits per heavy atom. The van der Waals surface area contributed by atoms with Gasteiger partial charge in [-0.1, -0.05) is 18.9 Å². The number of hydrogen-bond donors (Lipinski definition) is 1. The van der Waals surface area contributed by atoms with Gasteiger partial charge < -0.3 is 19.7 Å². The van der Waals surface area contributed by atoms with Crippen LogP contribution in [0, 0.1) is 5.92 Å². The van der Waals surface area contributed by atoms with Gasteiger partial charge in [0, 0.05) is 38.1 Å². The van der Waals surface area contributed by atoms with Gasteiger partial charge >= 0.3 is 0 Å². The fourth-order valence-corrected chi connectivity index (χ4v) is 4.03. The molecule has 3 rings (SSSR count). The Balaban J connectivity index is 1.35. The molecular weight excluding hydrogens is 420 g/mol. The quantitative estimate of drug-likeness (QED) is 0.439. The molecule has 2 heterocycles. The zero-order chi connectivity index (χ0) is 23.5. The summed E-state index contributed by atoms with van der Waals surface area (Å²) in [5.74, 6) is 1.50. The minimum Gasteiger partial charge on any atom is -0.496 e. The number of benzene rings is 1. The number of aromatic nitrogens is 2. The van der Waals surface area contributed by atoms with Gasteiger partial charge in [0.2, 0.25) is 5.91 Å². The minimum atomic E-state index is -0.126. The summed E-state index contributed by atoms with van der Waals surface area (Å²) in [7, 11) is 3.13. The van der Waals surface area contributed by atoms with Crippen molar-refractivity contribution in [1.29, 1.82) is 0 Å². The van der Waals surface area contributed by atoms with Crippen LogP contribution in [0.25, 0.3) is 6.08 Å². The van der Waals surface area contributed by atoms with Gasteiger partial charge in [0.15, 0.2) is 0 Å². The van der Waals surface area contributed by atoms with E-state index in [2.05, 4.69) is 15.3 Å². The van der Waals surface area contributed by atoms with Crippen LogP contribution < -0.4 is 14.8 Å². The molecule has 8 nitrogen and oxygen atoms in total. The molecule has 1 aliphatic rings. The molecule has 0 atom stereocenters. The Bertz CT molecular complexity index is 918. The van der Waals surface area contributed by atoms with Crippen LogP contribution in [0.2, 0.25) is 0 Å². The van der Waals surface area contributed by atoms with Crippen molar-refractivity contribution < 1.29 is 19.1 Å². The second-order valence-electron chi connectivity index (χ2n) is 8.02. The smallest absolute Gasteiger partial charge is 0.261 e. The standard InChI is InChI=1S/C25H32N4O4/c1-32-21-7-5-8-22(33-2)24(21)25(31)29-16-11-19(12-17-29)6-3-4-13-28-23(30)10-9-20-18-26-14-15-27-20/h5,7-10,14-15,18-19H,3-4,6,11-13,16-17H2,1-2H3,(H,28,30)/b10-9+. The number of hydrogen-bond acceptors (Lipinski definition) is 6. The van der Waals surface area contributed by atoms with Crippen LogP contribution in [0.15, 0.2) is 42.9 Å². The van der Waals surface area contributed by atoms with E-state index in [9.17, 15) is 9.59 Å². The number of methoxy groups -OCH3 is 2. The normalized spacial score (nSPS) is 14.3. The molecule has 1 saturated heterocycles. The molecule has 0 unspecified atom stereocenters. The molecule has 1 aromatic heterocycles. The molecule has 1 aromatic carbocycles. The molecule has 1 fully saturated rings. The molecule has 33 heavy (non-hydrogen) atoms. The van der Waals surface area contributed by atoms with Crippen LogP contribution in [-0.4, -0.2) is 60.5 Å². The van der Waals surface area contributed by atoms with Crippen LogP contribution in [0.3, 0.4) is 0 Å². The van der Waals surface area contributed by atoms with Crippen molar-refractivity contribution in [3.05, 3.63) is 54.1 Å². The van der Waals surface area contributed by atoms with Crippen LogP contribution in [-0.2, 0) is 4.79 Å². The SMILES string of the molecule is COc1cccc(OC)c1C(=O)N1CCC(CCCCNC(=O)/C=C/c2cnccn2)CC1. The molecule has 0 radical (unpaired) electrons. The summed E-state index contributed by atoms with van der Waals surface area (Å²) in [6, 6.07) is 5.39. The summed E-state index contributed by atoms with van der Waals surface area (Å²) in [5, 5.41) is 2.90. The van der Waals surface area contributed by atoms with Crippen molar-refractivity contribution in [2.45, 2.75) is 32.1 Å². The first-order valence-corrected chi connectivity index (χ1v) is 11.3. The zero-order valence-electron chi connectivity index (χ0n) is 19.3. The van der Waals surface area contributed by atoms with Gasteiger partial charge in [-0.15, -0.1) is 0 Å². The summed E-state index contributed by atoms with van der Waals surface area (Å²) in [4.78, 5) is 34.9. The first-order valence-electron chi connectivity index (χ1n) is 11.3. The van der Waals surface area contributed by atoms with E-state index >= 15 is 0 Å². The van der Waals surface area contributed by atoms with Crippen LogP contribution in [0.5, 0.6) is 11.5 Å². The largest absolute Gasteiger partial charge is 0.496 e. The van der Waals surface area contributed by atoms with E-state index in [0.29, 0.717) is 35.2 Å². The number of piperidine rings is 1. The molecule has 0 saturated carbocycles. The molecule has 2 amide bonds. The fourth-order valence-electron chi connectivity index (χ4n) is 4.03. The summed E-state index contributed by atoms with van der Waals surface area (Å²) < 4.78 is 10.8. The van der Waals surface area contributed by atoms with E-state index in [1.807, 2.05) is 11.0 Å². The summed E-state index contributed by atoms with van der Waals surface area (Å²) >= 11 is 0. The number of ether oxygens (including phenoxy) is 2. The van der Waals surface area contributed by atoms with E-state index in [0.717, 1.165) is 45.2 Å². The molecule has 8 heteroatoms. The van der Waals surface area contributed by atoms with Crippen LogP contribution in [0.1, 0.15) is 48.2 Å². The minimum absolute atomic E-state index is 0.0417. The molecule has 1 N–H and O–H groups in total. The highest BCUT2D eigenvalue weighted by atomic mass is 16.5. The average Bonchev–Trinajstić information content (AvgIpc) is 2.87. The predicted octanol–water partition coefficient (Wildman–Crippen LogP) is 3.35. The Kier molecular flexibility index (Phi) is 9.23. The maximum Gasteiger partial charge on any atom is 0.261 e. The Morgan fingerprint density at radius 3 is 2.48 bits per heavy atom. The number of nitrogens with one attached hydrogen (secondary N) is 1. The molecule has 176 valence electrons. The van der Waals surface area contributed by atoms with E-state index in [1.165, 1.54) is 6.08 Å². The van der Waals surface area contributed by atoms with Crippen molar-refractivity contribution in [3.63, 3.8) is 0 Å². The summed E-state index contributed by atoms with van der Waals surface area (Å²) in [5.41, 5.74) is 1.15. The highest BCUT2D eigenvalue weighted by molar-refractivity contribution is 5.99. The third-order valence-electron chi connectivity index (χ3n) is 5.87. The maximum atomic E-state index is 13.1. The van der Waals surface area contributed by atoms with E-state index in [4.69, 9.17) is 9.47 Å². The molecular formula is C25H32N4O4. The van der Waals surface area contributed by atoms with Gasteiger partial charge in [0.25, 0.3) is 5.91 Å². The lowest BCUT2D eigenvalue weighted by atomic mass is 9.91. The lowest BCUT2D eigenvalue weighted by Gasteiger charge is -2.32. The number of likely N-dealkylation sites (tertiary alicyclic amines) is 1. The second-order valence-corrected chi connectivity index (χ2v) is 8.02. The van der Waals surface area contributed by atoms with Gasteiger partial charge in [-0.25, -0.2) is 0 Å². The molecule has 1 aliphatic heterocycles. The Labute approximate surface area is 195 Å². The van der Waals surface area contributed by atoms with E-state index < -0.39 is 0 Å². The number of unbranched alkanes of at least 4 members (excludes halogenated alkanes) is 1. The highest BCUT2D eigenvalue weighted by Gasteiger charge is 2.27. The third kappa shape index (κ3) is 7.03. The first kappa shape index (κ1) is 24.2. The highest BCUT2D eigenvalue weighted by Crippen LogP contribution is 2.31. The number of amides is 2. The topological polar surface area (TPSA) is 93.7 Å². The Morgan fingerprint density at radius 2 is 1.85 bits per heavy atom. The van der Waals surface area contributed by atoms with Crippen LogP contribution >= 0.6 is 0 Å². The van der Waals surface area contributed by atoms with Crippen molar-refractivity contribution >= 4 is 17.9 Å². The molecule has 0 aliphatic carbocycles. The summed E-state index contributed by atoms with van der Waals surface area (Å²) in [6.45, 7) is 2.11. The van der Waals surface area contributed by atoms with E-state index in [1.54, 1.807) is 51.0 Å². The van der Waals surface area contributed by atoms with Gasteiger partial charge in [-0.2, -0.15) is 0 Å². The van der Waals surface area contributed by atoms with Crippen LogP contribution in [0.4, 0.5) is 0 Å². The number of rotatable bonds is 10. The average molecular weight is 453 g/mol. The van der Waals surface area contributed by atoms with Gasteiger partial charge in [-0.05, 0) is 43.4 Å². The number of carbonyl (C=O) groups is 2. The van der Waals surface area contributed by atoms with E-state index in [-0.39, 0.29) is 11.8 Å². The fraction of sp³-hybridized carbons (Fsp3) is 0.440. The maximum absolute atomic E-state index is 13.1. The monoisotopic (exact) mass is 452 g/mol. The second kappa shape index (κ2) is 12.6. The van der Waals surface area contributed by atoms with Gasteiger partial charge in [-0.3, -0.25) is 19.6 Å². The lowest BCUT2D eigenvalue weighted by molar-refractivity contribution is -0.116. The molecule has 2 aromatic rings. The lowest BCUT2D eigenvalue weighted by Crippen LogP contribution is -2.38. The zero-order valence-corrected chi connectivity index (χ0v) is 19.3. The van der Waals surface area contributed by atoms with Crippen molar-refractivity contribution in [2.24, 2.45) is 5.92 Å². The molecule has 0 bridgehead atoms. The summed E-state index contributed by atoms with van der Waals surface area (Å²) in [6.07, 6.45) is 13.0. The van der Waals surface area contributed by atoms with Crippen molar-refractivity contribution in [2.75, 3.05) is 33.9 Å². The van der Waals surface area contributed by atoms with Crippen molar-refractivity contribution in [1.82, 2.24) is 20.2 Å². The number of nitrogens with zero attached hydrogens (tertiary/aromatic N) is 3. The van der Waals surface area contributed by atoms with Gasteiger partial charge in [0.05, 0.1) is 26.1 Å². The third-order valence-corrected chi connectivity index (χ3v) is 5.87. The predicted molar refractivity (Wildman–Crippen MR) is 126 cm³/mol. The molecule has 0 spiro atoms. The van der Waals surface area contributed by atoms with Gasteiger partial charge in [0.1, 0.15) is 17.1 Å².